The molecule has 0 aliphatic carbocycles. The molecule has 0 radical (unpaired) electrons. The Labute approximate surface area is 110 Å². The Morgan fingerprint density at radius 3 is 2.74 bits per heavy atom. The molecule has 1 saturated heterocycles. The first-order valence-corrected chi connectivity index (χ1v) is 6.77. The molecule has 0 saturated carbocycles. The second-order valence-corrected chi connectivity index (χ2v) is 5.05. The molecule has 1 N–H and O–H groups in total. The highest BCUT2D eigenvalue weighted by Crippen LogP contribution is 2.35. The van der Waals surface area contributed by atoms with E-state index in [0.717, 1.165) is 54.4 Å². The minimum Gasteiger partial charge on any atom is -0.486 e. The highest BCUT2D eigenvalue weighted by Gasteiger charge is 2.21. The van der Waals surface area contributed by atoms with Crippen LogP contribution in [0.5, 0.6) is 11.5 Å². The van der Waals surface area contributed by atoms with Gasteiger partial charge in [0.15, 0.2) is 11.5 Å². The van der Waals surface area contributed by atoms with Gasteiger partial charge in [0.1, 0.15) is 19.0 Å². The van der Waals surface area contributed by atoms with Crippen LogP contribution in [0.3, 0.4) is 0 Å². The standard InChI is InChI=1S/C14H16N2O3/c1-2-9(8-17-3-1)14-15-10-6-12-13(7-11(10)16-14)19-5-4-18-12/h6-7,9H,1-5,8H2,(H,15,16). The van der Waals surface area contributed by atoms with Gasteiger partial charge in [-0.1, -0.05) is 0 Å². The number of hydrogen-bond donors (Lipinski definition) is 1. The molecule has 0 spiro atoms. The zero-order chi connectivity index (χ0) is 12.7. The first-order chi connectivity index (χ1) is 9.40. The van der Waals surface area contributed by atoms with Crippen molar-refractivity contribution >= 4 is 11.0 Å². The van der Waals surface area contributed by atoms with Crippen LogP contribution in [-0.2, 0) is 4.74 Å². The molecule has 3 heterocycles. The maximum atomic E-state index is 5.59. The van der Waals surface area contributed by atoms with Gasteiger partial charge in [-0.3, -0.25) is 0 Å². The average molecular weight is 260 g/mol. The van der Waals surface area contributed by atoms with Crippen LogP contribution in [0.2, 0.25) is 0 Å². The molecular formula is C14H16N2O3. The number of benzene rings is 1. The lowest BCUT2D eigenvalue weighted by atomic mass is 10.0. The normalized spacial score (nSPS) is 22.6. The first-order valence-electron chi connectivity index (χ1n) is 6.77. The van der Waals surface area contributed by atoms with Crippen LogP contribution in [0.15, 0.2) is 12.1 Å². The molecule has 1 fully saturated rings. The van der Waals surface area contributed by atoms with E-state index in [1.807, 2.05) is 12.1 Å². The fourth-order valence-corrected chi connectivity index (χ4v) is 2.72. The highest BCUT2D eigenvalue weighted by atomic mass is 16.6. The predicted molar refractivity (Wildman–Crippen MR) is 69.9 cm³/mol. The van der Waals surface area contributed by atoms with E-state index in [1.54, 1.807) is 0 Å². The van der Waals surface area contributed by atoms with Gasteiger partial charge >= 0.3 is 0 Å². The van der Waals surface area contributed by atoms with Gasteiger partial charge < -0.3 is 19.2 Å². The van der Waals surface area contributed by atoms with Gasteiger partial charge in [0, 0.05) is 24.7 Å². The topological polar surface area (TPSA) is 56.4 Å². The van der Waals surface area contributed by atoms with E-state index in [0.29, 0.717) is 19.1 Å². The molecule has 2 aromatic rings. The molecule has 1 aromatic heterocycles. The van der Waals surface area contributed by atoms with Crippen molar-refractivity contribution in [3.63, 3.8) is 0 Å². The van der Waals surface area contributed by atoms with Crippen molar-refractivity contribution in [1.82, 2.24) is 9.97 Å². The maximum Gasteiger partial charge on any atom is 0.163 e. The fourth-order valence-electron chi connectivity index (χ4n) is 2.72. The number of aromatic nitrogens is 2. The number of aromatic amines is 1. The molecule has 1 atom stereocenters. The number of ether oxygens (including phenoxy) is 3. The minimum absolute atomic E-state index is 0.375. The molecule has 1 unspecified atom stereocenters. The number of hydrogen-bond acceptors (Lipinski definition) is 4. The van der Waals surface area contributed by atoms with Crippen LogP contribution in [-0.4, -0.2) is 36.4 Å². The molecule has 1 aromatic carbocycles. The van der Waals surface area contributed by atoms with Crippen molar-refractivity contribution < 1.29 is 14.2 Å². The van der Waals surface area contributed by atoms with Gasteiger partial charge in [-0.15, -0.1) is 0 Å². The van der Waals surface area contributed by atoms with Crippen LogP contribution in [0.1, 0.15) is 24.6 Å². The van der Waals surface area contributed by atoms with Gasteiger partial charge in [0.25, 0.3) is 0 Å². The van der Waals surface area contributed by atoms with Crippen LogP contribution in [0, 0.1) is 0 Å². The second kappa shape index (κ2) is 4.42. The minimum atomic E-state index is 0.375. The number of nitrogens with one attached hydrogen (secondary N) is 1. The summed E-state index contributed by atoms with van der Waals surface area (Å²) >= 11 is 0. The maximum absolute atomic E-state index is 5.59. The summed E-state index contributed by atoms with van der Waals surface area (Å²) in [5.74, 6) is 2.97. The number of H-pyrrole nitrogens is 1. The molecule has 5 heteroatoms. The molecule has 2 aliphatic heterocycles. The Morgan fingerprint density at radius 1 is 1.11 bits per heavy atom. The lowest BCUT2D eigenvalue weighted by Gasteiger charge is -2.19. The second-order valence-electron chi connectivity index (χ2n) is 5.05. The van der Waals surface area contributed by atoms with Crippen molar-refractivity contribution in [1.29, 1.82) is 0 Å². The Balaban J connectivity index is 1.73. The van der Waals surface area contributed by atoms with E-state index in [9.17, 15) is 0 Å². The van der Waals surface area contributed by atoms with Gasteiger partial charge in [-0.2, -0.15) is 0 Å². The van der Waals surface area contributed by atoms with Gasteiger partial charge in [-0.05, 0) is 12.8 Å². The molecule has 5 nitrogen and oxygen atoms in total. The van der Waals surface area contributed by atoms with Crippen molar-refractivity contribution in [3.8, 4) is 11.5 Å². The number of rotatable bonds is 1. The van der Waals surface area contributed by atoms with Crippen LogP contribution in [0.25, 0.3) is 11.0 Å². The fraction of sp³-hybridized carbons (Fsp3) is 0.500. The summed E-state index contributed by atoms with van der Waals surface area (Å²) in [6.45, 7) is 2.83. The van der Waals surface area contributed by atoms with E-state index >= 15 is 0 Å². The SMILES string of the molecule is c1c2c(cc3[nH]c(C4CCCOC4)nc13)OCCO2. The average Bonchev–Trinajstić information content (AvgIpc) is 2.88. The highest BCUT2D eigenvalue weighted by molar-refractivity contribution is 5.80. The van der Waals surface area contributed by atoms with E-state index < -0.39 is 0 Å². The summed E-state index contributed by atoms with van der Waals surface area (Å²) in [7, 11) is 0. The third kappa shape index (κ3) is 1.94. The van der Waals surface area contributed by atoms with Crippen molar-refractivity contribution in [3.05, 3.63) is 18.0 Å². The third-order valence-electron chi connectivity index (χ3n) is 3.71. The first kappa shape index (κ1) is 11.1. The van der Waals surface area contributed by atoms with E-state index in [1.165, 1.54) is 0 Å². The van der Waals surface area contributed by atoms with E-state index in [2.05, 4.69) is 9.97 Å². The molecule has 2 aliphatic rings. The summed E-state index contributed by atoms with van der Waals surface area (Å²) in [4.78, 5) is 8.06. The summed E-state index contributed by atoms with van der Waals surface area (Å²) < 4.78 is 16.7. The van der Waals surface area contributed by atoms with E-state index in [4.69, 9.17) is 14.2 Å². The zero-order valence-corrected chi connectivity index (χ0v) is 10.6. The lowest BCUT2D eigenvalue weighted by Crippen LogP contribution is -2.16. The molecule has 4 rings (SSSR count). The summed E-state index contributed by atoms with van der Waals surface area (Å²) in [5.41, 5.74) is 1.94. The molecule has 0 bridgehead atoms. The number of fused-ring (bicyclic) bond motifs is 2. The molecular weight excluding hydrogens is 244 g/mol. The van der Waals surface area contributed by atoms with Crippen LogP contribution in [0.4, 0.5) is 0 Å². The van der Waals surface area contributed by atoms with Crippen molar-refractivity contribution in [2.45, 2.75) is 18.8 Å². The number of imidazole rings is 1. The Morgan fingerprint density at radius 2 is 1.95 bits per heavy atom. The smallest absolute Gasteiger partial charge is 0.163 e. The van der Waals surface area contributed by atoms with Gasteiger partial charge in [-0.25, -0.2) is 4.98 Å². The third-order valence-corrected chi connectivity index (χ3v) is 3.71. The quantitative estimate of drug-likeness (QED) is 0.854. The van der Waals surface area contributed by atoms with Crippen molar-refractivity contribution in [2.24, 2.45) is 0 Å². The molecule has 0 amide bonds. The Hall–Kier alpha value is -1.75. The van der Waals surface area contributed by atoms with Crippen molar-refractivity contribution in [2.75, 3.05) is 26.4 Å². The lowest BCUT2D eigenvalue weighted by molar-refractivity contribution is 0.0784. The molecule has 100 valence electrons. The Kier molecular flexibility index (Phi) is 2.58. The van der Waals surface area contributed by atoms with Gasteiger partial charge in [0.2, 0.25) is 0 Å². The van der Waals surface area contributed by atoms with Crippen LogP contribution < -0.4 is 9.47 Å². The number of nitrogens with zero attached hydrogens (tertiary/aromatic N) is 1. The van der Waals surface area contributed by atoms with Gasteiger partial charge in [0.05, 0.1) is 17.6 Å². The summed E-state index contributed by atoms with van der Waals surface area (Å²) in [6.07, 6.45) is 2.23. The summed E-state index contributed by atoms with van der Waals surface area (Å²) in [6, 6.07) is 3.93. The Bertz CT molecular complexity index is 559. The summed E-state index contributed by atoms with van der Waals surface area (Å²) in [5, 5.41) is 0. The molecule has 19 heavy (non-hydrogen) atoms. The van der Waals surface area contributed by atoms with Crippen LogP contribution >= 0.6 is 0 Å². The monoisotopic (exact) mass is 260 g/mol. The largest absolute Gasteiger partial charge is 0.486 e. The predicted octanol–water partition coefficient (Wildman–Crippen LogP) is 2.23. The van der Waals surface area contributed by atoms with E-state index in [-0.39, 0.29) is 0 Å². The zero-order valence-electron chi connectivity index (χ0n) is 10.6.